The number of rotatable bonds is 1. The first-order valence-corrected chi connectivity index (χ1v) is 4.85. The molecule has 0 spiro atoms. The highest BCUT2D eigenvalue weighted by Crippen LogP contribution is 2.13. The molecule has 1 aromatic heterocycles. The second kappa shape index (κ2) is 4.15. The number of aromatic nitrogens is 1. The van der Waals surface area contributed by atoms with Gasteiger partial charge in [0, 0.05) is 19.3 Å². The Kier molecular flexibility index (Phi) is 2.84. The maximum atomic E-state index is 12.5. The van der Waals surface area contributed by atoms with Crippen molar-refractivity contribution in [1.82, 2.24) is 9.88 Å². The minimum Gasteiger partial charge on any atom is -0.388 e. The Morgan fingerprint density at radius 2 is 2.00 bits per heavy atom. The van der Waals surface area contributed by atoms with Crippen LogP contribution in [0.2, 0.25) is 0 Å². The van der Waals surface area contributed by atoms with Gasteiger partial charge in [0.2, 0.25) is 5.95 Å². The van der Waals surface area contributed by atoms with Crippen molar-refractivity contribution < 1.29 is 19.4 Å². The number of aliphatic hydroxyl groups excluding tert-OH is 2. The Labute approximate surface area is 91.1 Å². The lowest BCUT2D eigenvalue weighted by Crippen LogP contribution is -2.29. The van der Waals surface area contributed by atoms with Crippen LogP contribution in [0.4, 0.5) is 4.39 Å². The molecule has 0 bridgehead atoms. The van der Waals surface area contributed by atoms with E-state index < -0.39 is 18.2 Å². The van der Waals surface area contributed by atoms with E-state index in [0.717, 1.165) is 12.3 Å². The molecule has 0 aromatic carbocycles. The Morgan fingerprint density at radius 3 is 2.50 bits per heavy atom. The third-order valence-electron chi connectivity index (χ3n) is 2.52. The lowest BCUT2D eigenvalue weighted by molar-refractivity contribution is 0.0572. The summed E-state index contributed by atoms with van der Waals surface area (Å²) < 4.78 is 12.5. The number of halogens is 1. The van der Waals surface area contributed by atoms with Crippen molar-refractivity contribution in [2.45, 2.75) is 12.2 Å². The second-order valence-corrected chi connectivity index (χ2v) is 3.71. The lowest BCUT2D eigenvalue weighted by atomic mass is 10.2. The topological polar surface area (TPSA) is 73.7 Å². The van der Waals surface area contributed by atoms with Gasteiger partial charge in [0.15, 0.2) is 0 Å². The molecule has 1 amide bonds. The number of carbonyl (C=O) groups excluding carboxylic acids is 1. The van der Waals surface area contributed by atoms with Crippen LogP contribution in [0.5, 0.6) is 0 Å². The van der Waals surface area contributed by atoms with E-state index in [2.05, 4.69) is 4.98 Å². The third-order valence-corrected chi connectivity index (χ3v) is 2.52. The number of aliphatic hydroxyl groups is 2. The van der Waals surface area contributed by atoms with Crippen LogP contribution in [-0.4, -0.2) is 51.3 Å². The zero-order valence-corrected chi connectivity index (χ0v) is 8.38. The molecular formula is C10H11FN2O3. The SMILES string of the molecule is O=C(c1ccc(F)nc1)N1CC(O)C(O)C1. The number of nitrogens with zero attached hydrogens (tertiary/aromatic N) is 2. The van der Waals surface area contributed by atoms with Crippen LogP contribution in [0.25, 0.3) is 0 Å². The predicted octanol–water partition coefficient (Wildman–Crippen LogP) is -0.602. The van der Waals surface area contributed by atoms with E-state index in [4.69, 9.17) is 0 Å². The van der Waals surface area contributed by atoms with Crippen molar-refractivity contribution in [3.8, 4) is 0 Å². The van der Waals surface area contributed by atoms with Crippen molar-refractivity contribution in [3.05, 3.63) is 29.8 Å². The molecule has 0 saturated carbocycles. The average Bonchev–Trinajstić information content (AvgIpc) is 2.59. The highest BCUT2D eigenvalue weighted by atomic mass is 19.1. The largest absolute Gasteiger partial charge is 0.388 e. The number of β-amino-alcohol motifs (C(OH)–C–C–N with tert-alkyl or cyclic N) is 2. The van der Waals surface area contributed by atoms with Crippen molar-refractivity contribution >= 4 is 5.91 Å². The summed E-state index contributed by atoms with van der Waals surface area (Å²) in [6, 6.07) is 2.41. The molecule has 1 saturated heterocycles. The number of hydrogen-bond acceptors (Lipinski definition) is 4. The number of hydrogen-bond donors (Lipinski definition) is 2. The summed E-state index contributed by atoms with van der Waals surface area (Å²) in [6.45, 7) is 0.161. The van der Waals surface area contributed by atoms with Crippen LogP contribution < -0.4 is 0 Å². The lowest BCUT2D eigenvalue weighted by Gasteiger charge is -2.14. The van der Waals surface area contributed by atoms with E-state index in [1.165, 1.54) is 11.0 Å². The first kappa shape index (κ1) is 11.0. The number of amides is 1. The molecule has 1 aliphatic rings. The molecule has 0 radical (unpaired) electrons. The van der Waals surface area contributed by atoms with E-state index in [1.54, 1.807) is 0 Å². The quantitative estimate of drug-likeness (QED) is 0.627. The van der Waals surface area contributed by atoms with Gasteiger partial charge in [0.1, 0.15) is 0 Å². The highest BCUT2D eigenvalue weighted by molar-refractivity contribution is 5.94. The Balaban J connectivity index is 2.11. The van der Waals surface area contributed by atoms with Crippen molar-refractivity contribution in [3.63, 3.8) is 0 Å². The first-order valence-electron chi connectivity index (χ1n) is 4.85. The smallest absolute Gasteiger partial charge is 0.255 e. The fourth-order valence-electron chi connectivity index (χ4n) is 1.62. The van der Waals surface area contributed by atoms with Gasteiger partial charge in [-0.05, 0) is 12.1 Å². The molecule has 2 rings (SSSR count). The first-order chi connectivity index (χ1) is 7.58. The van der Waals surface area contributed by atoms with Gasteiger partial charge in [-0.3, -0.25) is 4.79 Å². The fourth-order valence-corrected chi connectivity index (χ4v) is 1.62. The van der Waals surface area contributed by atoms with Gasteiger partial charge < -0.3 is 15.1 Å². The molecule has 2 N–H and O–H groups in total. The summed E-state index contributed by atoms with van der Waals surface area (Å²) in [5, 5.41) is 18.6. The zero-order valence-electron chi connectivity index (χ0n) is 8.38. The van der Waals surface area contributed by atoms with Gasteiger partial charge in [0.05, 0.1) is 17.8 Å². The summed E-state index contributed by atoms with van der Waals surface area (Å²) in [4.78, 5) is 16.5. The van der Waals surface area contributed by atoms with Gasteiger partial charge in [-0.25, -0.2) is 4.98 Å². The van der Waals surface area contributed by atoms with Crippen LogP contribution in [0.3, 0.4) is 0 Å². The molecule has 6 heteroatoms. The molecule has 5 nitrogen and oxygen atoms in total. The number of pyridine rings is 1. The van der Waals surface area contributed by atoms with E-state index in [1.807, 2.05) is 0 Å². The van der Waals surface area contributed by atoms with Crippen LogP contribution >= 0.6 is 0 Å². The normalized spacial score (nSPS) is 24.8. The van der Waals surface area contributed by atoms with Crippen LogP contribution in [0.1, 0.15) is 10.4 Å². The van der Waals surface area contributed by atoms with Crippen molar-refractivity contribution in [1.29, 1.82) is 0 Å². The minimum absolute atomic E-state index is 0.0807. The highest BCUT2D eigenvalue weighted by Gasteiger charge is 2.32. The summed E-state index contributed by atoms with van der Waals surface area (Å²) in [6.07, 6.45) is -0.705. The molecule has 2 heterocycles. The monoisotopic (exact) mass is 226 g/mol. The molecule has 1 fully saturated rings. The van der Waals surface area contributed by atoms with E-state index in [9.17, 15) is 19.4 Å². The summed E-state index contributed by atoms with van der Waals surface area (Å²) in [7, 11) is 0. The van der Waals surface area contributed by atoms with Crippen LogP contribution in [0.15, 0.2) is 18.3 Å². The van der Waals surface area contributed by atoms with E-state index in [0.29, 0.717) is 0 Å². The maximum Gasteiger partial charge on any atom is 0.255 e. The molecule has 1 aliphatic heterocycles. The average molecular weight is 226 g/mol. The zero-order chi connectivity index (χ0) is 11.7. The molecule has 16 heavy (non-hydrogen) atoms. The van der Waals surface area contributed by atoms with Gasteiger partial charge >= 0.3 is 0 Å². The van der Waals surface area contributed by atoms with Gasteiger partial charge in [-0.1, -0.05) is 0 Å². The molecular weight excluding hydrogens is 215 g/mol. The summed E-state index contributed by atoms with van der Waals surface area (Å²) in [5.74, 6) is -1.03. The number of carbonyl (C=O) groups is 1. The van der Waals surface area contributed by atoms with E-state index in [-0.39, 0.29) is 24.6 Å². The fraction of sp³-hybridized carbons (Fsp3) is 0.400. The van der Waals surface area contributed by atoms with Crippen LogP contribution in [-0.2, 0) is 0 Å². The van der Waals surface area contributed by atoms with Gasteiger partial charge in [0.25, 0.3) is 5.91 Å². The summed E-state index contributed by atoms with van der Waals surface area (Å²) in [5.41, 5.74) is 0.239. The maximum absolute atomic E-state index is 12.5. The van der Waals surface area contributed by atoms with E-state index >= 15 is 0 Å². The minimum atomic E-state index is -0.919. The Hall–Kier alpha value is -1.53. The van der Waals surface area contributed by atoms with Crippen molar-refractivity contribution in [2.24, 2.45) is 0 Å². The third kappa shape index (κ3) is 2.02. The van der Waals surface area contributed by atoms with Crippen LogP contribution in [0, 0.1) is 5.95 Å². The Bertz CT molecular complexity index is 386. The summed E-state index contributed by atoms with van der Waals surface area (Å²) >= 11 is 0. The standard InChI is InChI=1S/C10H11FN2O3/c11-9-2-1-6(3-12-9)10(16)13-4-7(14)8(15)5-13/h1-3,7-8,14-15H,4-5H2. The molecule has 1 aromatic rings. The van der Waals surface area contributed by atoms with Gasteiger partial charge in [-0.15, -0.1) is 0 Å². The molecule has 0 aliphatic carbocycles. The molecule has 2 unspecified atom stereocenters. The predicted molar refractivity (Wildman–Crippen MR) is 52.1 cm³/mol. The molecule has 86 valence electrons. The van der Waals surface area contributed by atoms with Crippen molar-refractivity contribution in [2.75, 3.05) is 13.1 Å². The second-order valence-electron chi connectivity index (χ2n) is 3.71. The van der Waals surface area contributed by atoms with Gasteiger partial charge in [-0.2, -0.15) is 4.39 Å². The molecule has 2 atom stereocenters. The number of likely N-dealkylation sites (tertiary alicyclic amines) is 1. The Morgan fingerprint density at radius 1 is 1.38 bits per heavy atom.